The van der Waals surface area contributed by atoms with Gasteiger partial charge in [-0.15, -0.1) is 0 Å². The van der Waals surface area contributed by atoms with Crippen LogP contribution in [0.4, 0.5) is 0 Å². The lowest BCUT2D eigenvalue weighted by molar-refractivity contribution is 0.222. The standard InChI is InChI=1S/C16H26OSi/c1-5-15(18(6-2,7-3)8-4)16(17)14-12-10-9-11-13-14/h5,9-13,16-17H,6-8H2,1-4H3/b15-5-. The molecule has 0 fully saturated rings. The van der Waals surface area contributed by atoms with Crippen LogP contribution in [0, 0.1) is 0 Å². The first-order valence-corrected chi connectivity index (χ1v) is 9.67. The van der Waals surface area contributed by atoms with E-state index in [2.05, 4.69) is 33.8 Å². The molecule has 0 saturated heterocycles. The van der Waals surface area contributed by atoms with E-state index in [1.807, 2.05) is 30.3 Å². The van der Waals surface area contributed by atoms with Crippen molar-refractivity contribution in [3.8, 4) is 0 Å². The van der Waals surface area contributed by atoms with Gasteiger partial charge in [-0.2, -0.15) is 0 Å². The molecule has 1 atom stereocenters. The molecule has 0 saturated carbocycles. The molecule has 100 valence electrons. The minimum Gasteiger partial charge on any atom is -0.384 e. The molecule has 0 amide bonds. The summed E-state index contributed by atoms with van der Waals surface area (Å²) in [5.74, 6) is 0. The van der Waals surface area contributed by atoms with Gasteiger partial charge in [0.1, 0.15) is 0 Å². The number of allylic oxidation sites excluding steroid dienone is 1. The lowest BCUT2D eigenvalue weighted by Crippen LogP contribution is -2.37. The van der Waals surface area contributed by atoms with E-state index in [9.17, 15) is 5.11 Å². The van der Waals surface area contributed by atoms with Crippen molar-refractivity contribution in [1.82, 2.24) is 0 Å². The van der Waals surface area contributed by atoms with Crippen molar-refractivity contribution in [3.63, 3.8) is 0 Å². The Balaban J connectivity index is 3.11. The summed E-state index contributed by atoms with van der Waals surface area (Å²) in [6, 6.07) is 13.7. The first kappa shape index (κ1) is 15.2. The van der Waals surface area contributed by atoms with Crippen molar-refractivity contribution in [2.24, 2.45) is 0 Å². The molecule has 0 aliphatic rings. The van der Waals surface area contributed by atoms with Crippen LogP contribution < -0.4 is 0 Å². The molecule has 1 N–H and O–H groups in total. The van der Waals surface area contributed by atoms with Gasteiger partial charge >= 0.3 is 0 Å². The van der Waals surface area contributed by atoms with E-state index in [1.165, 1.54) is 23.3 Å². The van der Waals surface area contributed by atoms with Gasteiger partial charge in [0.15, 0.2) is 0 Å². The monoisotopic (exact) mass is 262 g/mol. The van der Waals surface area contributed by atoms with Crippen LogP contribution in [0.25, 0.3) is 0 Å². The molecule has 1 aromatic rings. The third kappa shape index (κ3) is 2.93. The minimum absolute atomic E-state index is 0.414. The van der Waals surface area contributed by atoms with E-state index < -0.39 is 14.2 Å². The highest BCUT2D eigenvalue weighted by atomic mass is 28.3. The molecule has 1 unspecified atom stereocenters. The molecular formula is C16H26OSi. The van der Waals surface area contributed by atoms with Gasteiger partial charge in [-0.1, -0.05) is 80.5 Å². The number of aliphatic hydroxyl groups excluding tert-OH is 1. The van der Waals surface area contributed by atoms with Gasteiger partial charge in [0.05, 0.1) is 14.2 Å². The Morgan fingerprint density at radius 3 is 2.00 bits per heavy atom. The van der Waals surface area contributed by atoms with Gasteiger partial charge in [0, 0.05) is 0 Å². The molecule has 0 aromatic heterocycles. The Morgan fingerprint density at radius 2 is 1.61 bits per heavy atom. The fourth-order valence-corrected chi connectivity index (χ4v) is 7.02. The largest absolute Gasteiger partial charge is 0.384 e. The highest BCUT2D eigenvalue weighted by Gasteiger charge is 2.34. The number of hydrogen-bond donors (Lipinski definition) is 1. The van der Waals surface area contributed by atoms with E-state index in [1.54, 1.807) is 0 Å². The lowest BCUT2D eigenvalue weighted by Gasteiger charge is -2.34. The zero-order valence-corrected chi connectivity index (χ0v) is 13.1. The van der Waals surface area contributed by atoms with Gasteiger partial charge < -0.3 is 5.11 Å². The summed E-state index contributed by atoms with van der Waals surface area (Å²) in [4.78, 5) is 0. The van der Waals surface area contributed by atoms with Crippen molar-refractivity contribution < 1.29 is 5.11 Å². The van der Waals surface area contributed by atoms with Crippen molar-refractivity contribution in [2.75, 3.05) is 0 Å². The Labute approximate surface area is 113 Å². The number of hydrogen-bond acceptors (Lipinski definition) is 1. The molecule has 1 nitrogen and oxygen atoms in total. The Morgan fingerprint density at radius 1 is 1.11 bits per heavy atom. The van der Waals surface area contributed by atoms with Crippen molar-refractivity contribution in [2.45, 2.75) is 51.9 Å². The van der Waals surface area contributed by atoms with E-state index in [0.29, 0.717) is 0 Å². The van der Waals surface area contributed by atoms with Crippen LogP contribution >= 0.6 is 0 Å². The second kappa shape index (κ2) is 6.91. The zero-order chi connectivity index (χ0) is 13.6. The maximum atomic E-state index is 10.7. The van der Waals surface area contributed by atoms with Crippen LogP contribution in [0.15, 0.2) is 41.6 Å². The molecule has 2 heteroatoms. The lowest BCUT2D eigenvalue weighted by atomic mass is 10.1. The molecule has 18 heavy (non-hydrogen) atoms. The minimum atomic E-state index is -1.48. The number of rotatable bonds is 6. The van der Waals surface area contributed by atoms with Crippen molar-refractivity contribution in [1.29, 1.82) is 0 Å². The van der Waals surface area contributed by atoms with Gasteiger partial charge in [-0.25, -0.2) is 0 Å². The van der Waals surface area contributed by atoms with E-state index >= 15 is 0 Å². The summed E-state index contributed by atoms with van der Waals surface area (Å²) in [6.07, 6.45) is 1.75. The average Bonchev–Trinajstić information content (AvgIpc) is 2.45. The molecule has 0 bridgehead atoms. The number of aliphatic hydroxyl groups is 1. The fourth-order valence-electron chi connectivity index (χ4n) is 2.93. The SMILES string of the molecule is C/C=C(/C(O)c1ccccc1)[Si](CC)(CC)CC. The fraction of sp³-hybridized carbons (Fsp3) is 0.500. The summed E-state index contributed by atoms with van der Waals surface area (Å²) in [5, 5.41) is 12.0. The normalized spacial score (nSPS) is 14.6. The molecule has 1 rings (SSSR count). The van der Waals surface area contributed by atoms with E-state index in [0.717, 1.165) is 5.56 Å². The van der Waals surface area contributed by atoms with Crippen LogP contribution in [-0.2, 0) is 0 Å². The molecule has 0 aliphatic carbocycles. The smallest absolute Gasteiger partial charge is 0.0966 e. The highest BCUT2D eigenvalue weighted by molar-refractivity contribution is 6.86. The average molecular weight is 262 g/mol. The highest BCUT2D eigenvalue weighted by Crippen LogP contribution is 2.36. The van der Waals surface area contributed by atoms with Crippen LogP contribution in [0.3, 0.4) is 0 Å². The zero-order valence-electron chi connectivity index (χ0n) is 12.1. The van der Waals surface area contributed by atoms with Crippen molar-refractivity contribution in [3.05, 3.63) is 47.2 Å². The van der Waals surface area contributed by atoms with Gasteiger partial charge in [0.25, 0.3) is 0 Å². The molecule has 0 aliphatic heterocycles. The first-order chi connectivity index (χ1) is 8.65. The Kier molecular flexibility index (Phi) is 5.83. The summed E-state index contributed by atoms with van der Waals surface area (Å²) in [6.45, 7) is 8.91. The summed E-state index contributed by atoms with van der Waals surface area (Å²) >= 11 is 0. The molecule has 0 heterocycles. The summed E-state index contributed by atoms with van der Waals surface area (Å²) < 4.78 is 0. The van der Waals surface area contributed by atoms with E-state index in [4.69, 9.17) is 0 Å². The first-order valence-electron chi connectivity index (χ1n) is 7.04. The van der Waals surface area contributed by atoms with Gasteiger partial charge in [0.2, 0.25) is 0 Å². The van der Waals surface area contributed by atoms with Crippen molar-refractivity contribution >= 4 is 8.07 Å². The second-order valence-corrected chi connectivity index (χ2v) is 10.2. The maximum Gasteiger partial charge on any atom is 0.0966 e. The molecule has 1 aromatic carbocycles. The maximum absolute atomic E-state index is 10.7. The topological polar surface area (TPSA) is 20.2 Å². The third-order valence-electron chi connectivity index (χ3n) is 4.36. The Hall–Kier alpha value is -0.863. The molecule has 0 radical (unpaired) electrons. The van der Waals surface area contributed by atoms with Gasteiger partial charge in [-0.05, 0) is 12.5 Å². The Bertz CT molecular complexity index is 371. The predicted octanol–water partition coefficient (Wildman–Crippen LogP) is 4.71. The summed E-state index contributed by atoms with van der Waals surface area (Å²) in [7, 11) is -1.48. The predicted molar refractivity (Wildman–Crippen MR) is 82.4 cm³/mol. The second-order valence-electron chi connectivity index (χ2n) is 4.90. The molecule has 0 spiro atoms. The van der Waals surface area contributed by atoms with Crippen LogP contribution in [-0.4, -0.2) is 13.2 Å². The summed E-state index contributed by atoms with van der Waals surface area (Å²) in [5.41, 5.74) is 1.03. The number of benzene rings is 1. The van der Waals surface area contributed by atoms with Crippen LogP contribution in [0.2, 0.25) is 18.1 Å². The van der Waals surface area contributed by atoms with Crippen LogP contribution in [0.1, 0.15) is 39.4 Å². The third-order valence-corrected chi connectivity index (χ3v) is 10.2. The van der Waals surface area contributed by atoms with Crippen LogP contribution in [0.5, 0.6) is 0 Å². The quantitative estimate of drug-likeness (QED) is 0.736. The van der Waals surface area contributed by atoms with E-state index in [-0.39, 0.29) is 0 Å². The molecular weight excluding hydrogens is 236 g/mol. The van der Waals surface area contributed by atoms with Gasteiger partial charge in [-0.3, -0.25) is 0 Å².